The zero-order valence-corrected chi connectivity index (χ0v) is 37.9. The van der Waals surface area contributed by atoms with Gasteiger partial charge in [-0.2, -0.15) is 15.0 Å². The molecule has 59 heavy (non-hydrogen) atoms. The number of nitrogens with zero attached hydrogens (tertiary/aromatic N) is 12. The summed E-state index contributed by atoms with van der Waals surface area (Å²) in [5.74, 6) is 1.45. The zero-order chi connectivity index (χ0) is 42.4. The highest BCUT2D eigenvalue weighted by Gasteiger charge is 2.19. The van der Waals surface area contributed by atoms with Gasteiger partial charge in [0.05, 0.1) is 29.6 Å². The topological polar surface area (TPSA) is 157 Å². The number of rotatable bonds is 10. The Hall–Kier alpha value is -4.00. The quantitative estimate of drug-likeness (QED) is 0.121. The molecule has 8 aromatic rings. The van der Waals surface area contributed by atoms with Gasteiger partial charge in [0.15, 0.2) is 27.4 Å². The molecule has 0 aliphatic heterocycles. The third-order valence-corrected chi connectivity index (χ3v) is 10.9. The molecule has 14 nitrogen and oxygen atoms in total. The summed E-state index contributed by atoms with van der Waals surface area (Å²) in [6.45, 7) is 0. The van der Waals surface area contributed by atoms with Crippen LogP contribution in [0.25, 0.3) is 44.1 Å². The van der Waals surface area contributed by atoms with E-state index in [4.69, 9.17) is 74.7 Å². The highest BCUT2D eigenvalue weighted by Crippen LogP contribution is 2.37. The van der Waals surface area contributed by atoms with Gasteiger partial charge >= 0.3 is 0 Å². The number of aromatic nitrogens is 12. The predicted octanol–water partition coefficient (Wildman–Crippen LogP) is 8.99. The van der Waals surface area contributed by atoms with Crippen LogP contribution in [0, 0.1) is 0 Å². The third-order valence-electron chi connectivity index (χ3n) is 8.65. The number of benzene rings is 4. The molecule has 0 unspecified atom stereocenters. The molecule has 0 N–H and O–H groups in total. The van der Waals surface area contributed by atoms with Crippen molar-refractivity contribution in [3.63, 3.8) is 0 Å². The predicted molar refractivity (Wildman–Crippen MR) is 239 cm³/mol. The third kappa shape index (κ3) is 10.9. The summed E-state index contributed by atoms with van der Waals surface area (Å²) in [4.78, 5) is 2.67. The molecule has 0 bridgehead atoms. The van der Waals surface area contributed by atoms with E-state index in [1.807, 2.05) is 73.6 Å². The van der Waals surface area contributed by atoms with Crippen molar-refractivity contribution in [3.8, 4) is 22.3 Å². The van der Waals surface area contributed by atoms with Crippen molar-refractivity contribution in [1.82, 2.24) is 60.0 Å². The molecule has 0 saturated heterocycles. The molecule has 308 valence electrons. The minimum atomic E-state index is -3.25. The largest absolute Gasteiger partial charge is 0.271 e. The molecule has 0 amide bonds. The van der Waals surface area contributed by atoms with Gasteiger partial charge in [-0.3, -0.25) is 9.36 Å². The smallest absolute Gasteiger partial charge is 0.180 e. The molecule has 8 rings (SSSR count). The summed E-state index contributed by atoms with van der Waals surface area (Å²) in [5.41, 5.74) is 7.18. The number of sulfone groups is 1. The first-order valence-electron chi connectivity index (χ1n) is 17.3. The zero-order valence-electron chi connectivity index (χ0n) is 31.7. The molecule has 0 saturated carbocycles. The molecule has 0 aliphatic rings. The van der Waals surface area contributed by atoms with Crippen LogP contribution in [0.3, 0.4) is 0 Å². The summed E-state index contributed by atoms with van der Waals surface area (Å²) >= 11 is 36.0. The maximum Gasteiger partial charge on any atom is 0.180 e. The lowest BCUT2D eigenvalue weighted by molar-refractivity contribution is 0.552. The fourth-order valence-electron chi connectivity index (χ4n) is 6.24. The first-order valence-corrected chi connectivity index (χ1v) is 23.3. The second-order valence-electron chi connectivity index (χ2n) is 12.9. The summed E-state index contributed by atoms with van der Waals surface area (Å²) in [6, 6.07) is 22.8. The van der Waals surface area contributed by atoms with Gasteiger partial charge in [0.2, 0.25) is 0 Å². The van der Waals surface area contributed by atoms with E-state index in [2.05, 4.69) is 42.0 Å². The molecule has 4 aromatic heterocycles. The van der Waals surface area contributed by atoms with Crippen LogP contribution in [0.5, 0.6) is 0 Å². The van der Waals surface area contributed by atoms with Gasteiger partial charge in [-0.05, 0) is 40.9 Å². The van der Waals surface area contributed by atoms with Gasteiger partial charge in [-0.25, -0.2) is 8.42 Å². The van der Waals surface area contributed by atoms with Crippen LogP contribution < -0.4 is 0 Å². The second-order valence-corrected chi connectivity index (χ2v) is 18.3. The Morgan fingerprint density at radius 2 is 1.07 bits per heavy atom. The summed E-state index contributed by atoms with van der Waals surface area (Å²) < 4.78 is 26.5. The molecular weight excluding hydrogens is 921 g/mol. The molecule has 4 aromatic carbocycles. The molecule has 0 atom stereocenters. The van der Waals surface area contributed by atoms with Gasteiger partial charge in [-0.15, -0.1) is 60.2 Å². The lowest BCUT2D eigenvalue weighted by Crippen LogP contribution is -2.12. The number of halogens is 6. The number of alkyl halides is 2. The van der Waals surface area contributed by atoms with Crippen LogP contribution in [0.4, 0.5) is 0 Å². The molecule has 22 heteroatoms. The minimum Gasteiger partial charge on any atom is -0.271 e. The summed E-state index contributed by atoms with van der Waals surface area (Å²) in [7, 11) is 0.509. The first kappa shape index (κ1) is 44.5. The van der Waals surface area contributed by atoms with Crippen LogP contribution in [-0.4, -0.2) is 86.2 Å². The maximum atomic E-state index is 11.4. The van der Waals surface area contributed by atoms with Gasteiger partial charge < -0.3 is 0 Å². The van der Waals surface area contributed by atoms with E-state index in [1.54, 1.807) is 39.4 Å². The van der Waals surface area contributed by atoms with Crippen LogP contribution >= 0.6 is 81.4 Å². The van der Waals surface area contributed by atoms with Crippen molar-refractivity contribution >= 4 is 113 Å². The fraction of sp³-hybridized carbons (Fsp3) is 0.243. The molecule has 0 aliphatic carbocycles. The Kier molecular flexibility index (Phi) is 14.8. The van der Waals surface area contributed by atoms with Crippen molar-refractivity contribution in [2.24, 2.45) is 14.1 Å². The summed E-state index contributed by atoms with van der Waals surface area (Å²) in [5, 5.41) is 38.5. The number of tetrazole rings is 2. The average Bonchev–Trinajstić information content (AvgIpc) is 3.95. The number of thioether (sulfide) groups is 1. The van der Waals surface area contributed by atoms with Crippen molar-refractivity contribution < 1.29 is 8.42 Å². The lowest BCUT2D eigenvalue weighted by atomic mass is 10.0. The normalized spacial score (nSPS) is 11.4. The van der Waals surface area contributed by atoms with Crippen molar-refractivity contribution in [2.75, 3.05) is 17.9 Å². The summed E-state index contributed by atoms with van der Waals surface area (Å²) in [6.07, 6.45) is 4.03. The SMILES string of the molecule is CSCn1nnc(Cc2c3cccc(-c4ccc(Cl)cc4Cl)c3nn2C)n1.ClCCl.Cn1nc2c(-c3ccc(Cl)cc3Cl)cccc2c1Cc1nnn(CS(C)(=O)=O)n1. The van der Waals surface area contributed by atoms with Crippen LogP contribution in [0.1, 0.15) is 23.0 Å². The standard InChI is InChI=1S/C18H16Cl2N6O2S.C18H16Cl2N6S.CH2Cl2/c1-25-16(9-17-21-24-26(22-17)10-29(2,27)28)14-5-3-4-13(18(14)23-25)12-7-6-11(19)8-15(12)20;1-25-16(9-17-21-24-26(22-17)10-27-2)14-5-3-4-13(18(14)23-25)12-7-6-11(19)8-15(12)20;2-1-3/h3-8H,9-10H2,1-2H3;3-8H,9-10H2,1-2H3;1H2. The highest BCUT2D eigenvalue weighted by atomic mass is 35.5. The Morgan fingerprint density at radius 1 is 0.627 bits per heavy atom. The van der Waals surface area contributed by atoms with Crippen molar-refractivity contribution in [1.29, 1.82) is 0 Å². The van der Waals surface area contributed by atoms with E-state index in [9.17, 15) is 8.42 Å². The molecule has 0 fully saturated rings. The van der Waals surface area contributed by atoms with Gasteiger partial charge in [0, 0.05) is 73.5 Å². The molecule has 4 heterocycles. The Bertz CT molecular complexity index is 2860. The van der Waals surface area contributed by atoms with E-state index in [1.165, 1.54) is 0 Å². The van der Waals surface area contributed by atoms with Crippen molar-refractivity contribution in [3.05, 3.63) is 116 Å². The van der Waals surface area contributed by atoms with E-state index >= 15 is 0 Å². The fourth-order valence-corrected chi connectivity index (χ4v) is 8.13. The highest BCUT2D eigenvalue weighted by molar-refractivity contribution is 7.97. The second kappa shape index (κ2) is 19.6. The van der Waals surface area contributed by atoms with Gasteiger partial charge in [-0.1, -0.05) is 94.9 Å². The number of hydrogen-bond donors (Lipinski definition) is 0. The van der Waals surface area contributed by atoms with Crippen molar-refractivity contribution in [2.45, 2.75) is 24.6 Å². The Morgan fingerprint density at radius 3 is 1.49 bits per heavy atom. The van der Waals surface area contributed by atoms with Crippen LogP contribution in [0.2, 0.25) is 20.1 Å². The van der Waals surface area contributed by atoms with E-state index < -0.39 is 9.84 Å². The number of aryl methyl sites for hydroxylation is 2. The number of hydrogen-bond acceptors (Lipinski definition) is 11. The molecule has 0 spiro atoms. The monoisotopic (exact) mass is 952 g/mol. The lowest BCUT2D eigenvalue weighted by Gasteiger charge is -2.06. The Balaban J connectivity index is 0.000000187. The average molecular weight is 956 g/mol. The Labute approximate surface area is 373 Å². The van der Waals surface area contributed by atoms with E-state index in [0.717, 1.165) is 66.5 Å². The van der Waals surface area contributed by atoms with Crippen LogP contribution in [0.15, 0.2) is 72.8 Å². The van der Waals surface area contributed by atoms with Gasteiger partial charge in [0.25, 0.3) is 0 Å². The van der Waals surface area contributed by atoms with E-state index in [0.29, 0.717) is 50.5 Å². The van der Waals surface area contributed by atoms with E-state index in [-0.39, 0.29) is 11.2 Å². The minimum absolute atomic E-state index is 0.194. The van der Waals surface area contributed by atoms with Crippen LogP contribution in [-0.2, 0) is 48.5 Å². The van der Waals surface area contributed by atoms with Gasteiger partial charge in [0.1, 0.15) is 16.9 Å². The first-order chi connectivity index (χ1) is 28.2. The molecule has 0 radical (unpaired) electrons. The maximum absolute atomic E-state index is 11.4. The molecular formula is C37H34Cl6N12O2S2. The number of fused-ring (bicyclic) bond motifs is 2.